The van der Waals surface area contributed by atoms with Gasteiger partial charge in [0.1, 0.15) is 5.75 Å². The summed E-state index contributed by atoms with van der Waals surface area (Å²) < 4.78 is 5.86. The van der Waals surface area contributed by atoms with Gasteiger partial charge in [0.05, 0.1) is 6.61 Å². The van der Waals surface area contributed by atoms with E-state index < -0.39 is 0 Å². The number of hydrogen-bond acceptors (Lipinski definition) is 1. The Hall–Kier alpha value is -3.42. The lowest BCUT2D eigenvalue weighted by Crippen LogP contribution is -1.97. The number of hydrogen-bond donors (Lipinski definition) is 0. The molecule has 0 aliphatic rings. The van der Waals surface area contributed by atoms with E-state index in [9.17, 15) is 0 Å². The van der Waals surface area contributed by atoms with Crippen molar-refractivity contribution >= 4 is 0 Å². The molecule has 32 heavy (non-hydrogen) atoms. The average Bonchev–Trinajstić information content (AvgIpc) is 2.85. The highest BCUT2D eigenvalue weighted by atomic mass is 16.5. The number of ether oxygens (including phenoxy) is 1. The molecule has 0 radical (unpaired) electrons. The molecule has 0 aromatic heterocycles. The maximum absolute atomic E-state index is 5.86. The van der Waals surface area contributed by atoms with Gasteiger partial charge in [0.2, 0.25) is 0 Å². The van der Waals surface area contributed by atoms with Crippen LogP contribution in [-0.4, -0.2) is 6.61 Å². The van der Waals surface area contributed by atoms with Gasteiger partial charge in [-0.2, -0.15) is 0 Å². The van der Waals surface area contributed by atoms with Crippen LogP contribution in [-0.2, 0) is 0 Å². The first kappa shape index (κ1) is 23.2. The summed E-state index contributed by atoms with van der Waals surface area (Å²) in [5.74, 6) is 13.7. The predicted octanol–water partition coefficient (Wildman–Crippen LogP) is 7.62. The molecule has 3 aromatic carbocycles. The van der Waals surface area contributed by atoms with Gasteiger partial charge < -0.3 is 4.74 Å². The normalized spacial score (nSPS) is 9.91. The molecule has 0 N–H and O–H groups in total. The van der Waals surface area contributed by atoms with Crippen LogP contribution in [0.4, 0.5) is 0 Å². The van der Waals surface area contributed by atoms with Crippen molar-refractivity contribution in [3.05, 3.63) is 101 Å². The van der Waals surface area contributed by atoms with E-state index in [1.165, 1.54) is 38.5 Å². The molecule has 1 nitrogen and oxygen atoms in total. The van der Waals surface area contributed by atoms with Crippen molar-refractivity contribution in [1.82, 2.24) is 0 Å². The lowest BCUT2D eigenvalue weighted by atomic mass is 10.1. The summed E-state index contributed by atoms with van der Waals surface area (Å²) >= 11 is 0. The van der Waals surface area contributed by atoms with E-state index in [2.05, 4.69) is 30.6 Å². The molecule has 0 spiro atoms. The predicted molar refractivity (Wildman–Crippen MR) is 135 cm³/mol. The van der Waals surface area contributed by atoms with Crippen LogP contribution in [0.2, 0.25) is 0 Å². The molecule has 1 heteroatoms. The van der Waals surface area contributed by atoms with Gasteiger partial charge in [-0.15, -0.1) is 0 Å². The van der Waals surface area contributed by atoms with Gasteiger partial charge in [0, 0.05) is 22.3 Å². The molecule has 0 unspecified atom stereocenters. The van der Waals surface area contributed by atoms with Crippen LogP contribution in [0.25, 0.3) is 0 Å². The van der Waals surface area contributed by atoms with Gasteiger partial charge in [0.15, 0.2) is 0 Å². The van der Waals surface area contributed by atoms with Crippen molar-refractivity contribution in [2.45, 2.75) is 51.9 Å². The molecule has 0 saturated carbocycles. The summed E-state index contributed by atoms with van der Waals surface area (Å²) in [5.41, 5.74) is 3.98. The van der Waals surface area contributed by atoms with Crippen molar-refractivity contribution in [3.63, 3.8) is 0 Å². The molecule has 0 aliphatic carbocycles. The lowest BCUT2D eigenvalue weighted by molar-refractivity contribution is 0.304. The van der Waals surface area contributed by atoms with Crippen LogP contribution in [0, 0.1) is 23.7 Å². The van der Waals surface area contributed by atoms with Gasteiger partial charge in [-0.25, -0.2) is 0 Å². The molecule has 0 heterocycles. The second-order valence-corrected chi connectivity index (χ2v) is 7.94. The minimum atomic E-state index is 0.790. The summed E-state index contributed by atoms with van der Waals surface area (Å²) in [6.07, 6.45) is 9.08. The van der Waals surface area contributed by atoms with Gasteiger partial charge >= 0.3 is 0 Å². The van der Waals surface area contributed by atoms with E-state index in [4.69, 9.17) is 4.74 Å². The summed E-state index contributed by atoms with van der Waals surface area (Å²) in [5, 5.41) is 0. The third-order valence-electron chi connectivity index (χ3n) is 5.23. The first-order valence-corrected chi connectivity index (χ1v) is 11.8. The standard InChI is InChI=1S/C31H32O/c1-2-3-4-5-6-7-11-26-32-31-24-22-30(23-25-31)21-20-29-18-16-28(17-19-29)15-14-27-12-9-8-10-13-27/h8-10,12-13,16-19,22-25H,2-7,11,26H2,1H3. The SMILES string of the molecule is CCCCCCCCCOc1ccc(C#Cc2ccc(C#Cc3ccccc3)cc2)cc1. The Morgan fingerprint density at radius 3 is 1.47 bits per heavy atom. The zero-order valence-electron chi connectivity index (χ0n) is 19.1. The van der Waals surface area contributed by atoms with Crippen molar-refractivity contribution < 1.29 is 4.74 Å². The smallest absolute Gasteiger partial charge is 0.119 e. The van der Waals surface area contributed by atoms with Gasteiger partial charge in [-0.05, 0) is 67.1 Å². The molecule has 0 bridgehead atoms. The maximum atomic E-state index is 5.86. The molecule has 3 aromatic rings. The molecule has 0 atom stereocenters. The van der Waals surface area contributed by atoms with E-state index in [1.807, 2.05) is 78.9 Å². The van der Waals surface area contributed by atoms with E-state index in [0.29, 0.717) is 0 Å². The maximum Gasteiger partial charge on any atom is 0.119 e. The minimum absolute atomic E-state index is 0.790. The highest BCUT2D eigenvalue weighted by Crippen LogP contribution is 2.13. The Labute approximate surface area is 193 Å². The molecular formula is C31H32O. The Kier molecular flexibility index (Phi) is 10.0. The van der Waals surface area contributed by atoms with Crippen LogP contribution >= 0.6 is 0 Å². The van der Waals surface area contributed by atoms with E-state index >= 15 is 0 Å². The molecule has 162 valence electrons. The fraction of sp³-hybridized carbons (Fsp3) is 0.290. The number of benzene rings is 3. The fourth-order valence-corrected chi connectivity index (χ4v) is 3.33. The summed E-state index contributed by atoms with van der Waals surface area (Å²) in [7, 11) is 0. The quantitative estimate of drug-likeness (QED) is 0.256. The molecule has 0 amide bonds. The molecule has 3 rings (SSSR count). The lowest BCUT2D eigenvalue weighted by Gasteiger charge is -2.06. The second-order valence-electron chi connectivity index (χ2n) is 7.94. The number of rotatable bonds is 9. The highest BCUT2D eigenvalue weighted by Gasteiger charge is 1.96. The topological polar surface area (TPSA) is 9.23 Å². The molecule has 0 saturated heterocycles. The Morgan fingerprint density at radius 1 is 0.500 bits per heavy atom. The van der Waals surface area contributed by atoms with Crippen molar-refractivity contribution in [2.24, 2.45) is 0 Å². The molecular weight excluding hydrogens is 388 g/mol. The Balaban J connectivity index is 1.43. The number of unbranched alkanes of at least 4 members (excludes halogenated alkanes) is 6. The van der Waals surface area contributed by atoms with Crippen LogP contribution in [0.1, 0.15) is 74.1 Å². The van der Waals surface area contributed by atoms with Crippen LogP contribution in [0.5, 0.6) is 5.75 Å². The third kappa shape index (κ3) is 8.75. The van der Waals surface area contributed by atoms with Crippen molar-refractivity contribution in [2.75, 3.05) is 6.61 Å². The second kappa shape index (κ2) is 13.8. The zero-order valence-corrected chi connectivity index (χ0v) is 19.1. The van der Waals surface area contributed by atoms with E-state index in [-0.39, 0.29) is 0 Å². The zero-order chi connectivity index (χ0) is 22.3. The fourth-order valence-electron chi connectivity index (χ4n) is 3.33. The highest BCUT2D eigenvalue weighted by molar-refractivity contribution is 5.48. The van der Waals surface area contributed by atoms with Crippen LogP contribution < -0.4 is 4.74 Å². The van der Waals surface area contributed by atoms with E-state index in [0.717, 1.165) is 41.0 Å². The van der Waals surface area contributed by atoms with Crippen molar-refractivity contribution in [3.8, 4) is 29.4 Å². The summed E-state index contributed by atoms with van der Waals surface area (Å²) in [6, 6.07) is 26.1. The van der Waals surface area contributed by atoms with Crippen LogP contribution in [0.3, 0.4) is 0 Å². The summed E-state index contributed by atoms with van der Waals surface area (Å²) in [6.45, 7) is 3.05. The molecule has 0 fully saturated rings. The van der Waals surface area contributed by atoms with E-state index in [1.54, 1.807) is 0 Å². The van der Waals surface area contributed by atoms with Gasteiger partial charge in [-0.1, -0.05) is 87.3 Å². The Morgan fingerprint density at radius 2 is 0.938 bits per heavy atom. The largest absolute Gasteiger partial charge is 0.494 e. The van der Waals surface area contributed by atoms with Gasteiger partial charge in [0.25, 0.3) is 0 Å². The monoisotopic (exact) mass is 420 g/mol. The Bertz CT molecular complexity index is 1040. The van der Waals surface area contributed by atoms with Gasteiger partial charge in [-0.3, -0.25) is 0 Å². The first-order valence-electron chi connectivity index (χ1n) is 11.8. The summed E-state index contributed by atoms with van der Waals surface area (Å²) in [4.78, 5) is 0. The third-order valence-corrected chi connectivity index (χ3v) is 5.23. The van der Waals surface area contributed by atoms with Crippen molar-refractivity contribution in [1.29, 1.82) is 0 Å². The van der Waals surface area contributed by atoms with Crippen LogP contribution in [0.15, 0.2) is 78.9 Å². The minimum Gasteiger partial charge on any atom is -0.494 e. The first-order chi connectivity index (χ1) is 15.8. The molecule has 0 aliphatic heterocycles. The average molecular weight is 421 g/mol.